The minimum absolute atomic E-state index is 0. The normalized spacial score (nSPS) is 21.1. The second-order valence-electron chi connectivity index (χ2n) is 5.66. The van der Waals surface area contributed by atoms with Gasteiger partial charge in [0.15, 0.2) is 0 Å². The van der Waals surface area contributed by atoms with Gasteiger partial charge in [0.1, 0.15) is 0 Å². The van der Waals surface area contributed by atoms with E-state index >= 15 is 0 Å². The number of hydrogen-bond donors (Lipinski definition) is 2. The zero-order valence-corrected chi connectivity index (χ0v) is 13.9. The highest BCUT2D eigenvalue weighted by molar-refractivity contribution is 5.86. The van der Waals surface area contributed by atoms with Gasteiger partial charge in [-0.25, -0.2) is 0 Å². The van der Waals surface area contributed by atoms with Crippen LogP contribution in [-0.2, 0) is 16.0 Å². The highest BCUT2D eigenvalue weighted by Gasteiger charge is 2.32. The predicted molar refractivity (Wildman–Crippen MR) is 86.9 cm³/mol. The molecule has 1 aliphatic heterocycles. The van der Waals surface area contributed by atoms with Crippen molar-refractivity contribution in [2.45, 2.75) is 31.8 Å². The number of pyridine rings is 1. The fraction of sp³-hybridized carbons (Fsp3) is 0.571. The molecule has 7 heteroatoms. The molecule has 120 valence electrons. The van der Waals surface area contributed by atoms with E-state index in [2.05, 4.69) is 10.3 Å². The minimum Gasteiger partial charge on any atom is -0.379 e. The Bertz CT molecular complexity index is 438. The maximum atomic E-state index is 11.9. The van der Waals surface area contributed by atoms with Crippen molar-refractivity contribution in [3.05, 3.63) is 30.1 Å². The van der Waals surface area contributed by atoms with Crippen LogP contribution in [0.1, 0.15) is 19.4 Å². The van der Waals surface area contributed by atoms with Gasteiger partial charge < -0.3 is 15.8 Å². The van der Waals surface area contributed by atoms with Crippen molar-refractivity contribution in [1.82, 2.24) is 10.3 Å². The number of nitrogens with zero attached hydrogens (tertiary/aromatic N) is 1. The molecule has 0 aromatic carbocycles. The average Bonchev–Trinajstić information content (AvgIpc) is 2.77. The maximum Gasteiger partial charge on any atom is 0.239 e. The van der Waals surface area contributed by atoms with Crippen molar-refractivity contribution < 1.29 is 9.53 Å². The number of hydrogen-bond acceptors (Lipinski definition) is 4. The molecule has 1 saturated heterocycles. The SMILES string of the molecule is CC(C)(N)C(=O)N[C@H]1COC[C@H]1Cc1ccncc1.Cl.Cl. The predicted octanol–water partition coefficient (Wildman–Crippen LogP) is 1.34. The molecule has 1 aromatic rings. The summed E-state index contributed by atoms with van der Waals surface area (Å²) in [7, 11) is 0. The summed E-state index contributed by atoms with van der Waals surface area (Å²) in [6.07, 6.45) is 4.43. The second-order valence-corrected chi connectivity index (χ2v) is 5.66. The first-order chi connectivity index (χ1) is 8.97. The maximum absolute atomic E-state index is 11.9. The Morgan fingerprint density at radius 3 is 2.57 bits per heavy atom. The average molecular weight is 336 g/mol. The molecule has 3 N–H and O–H groups in total. The van der Waals surface area contributed by atoms with Crippen LogP contribution in [-0.4, -0.2) is 35.7 Å². The summed E-state index contributed by atoms with van der Waals surface area (Å²) in [6.45, 7) is 4.63. The van der Waals surface area contributed by atoms with E-state index in [4.69, 9.17) is 10.5 Å². The number of carbonyl (C=O) groups is 1. The first-order valence-corrected chi connectivity index (χ1v) is 6.53. The molecule has 0 bridgehead atoms. The van der Waals surface area contributed by atoms with Crippen LogP contribution in [0.15, 0.2) is 24.5 Å². The van der Waals surface area contributed by atoms with E-state index in [1.54, 1.807) is 26.2 Å². The van der Waals surface area contributed by atoms with Crippen LogP contribution in [0.2, 0.25) is 0 Å². The zero-order valence-electron chi connectivity index (χ0n) is 12.2. The third-order valence-corrected chi connectivity index (χ3v) is 3.35. The van der Waals surface area contributed by atoms with Crippen LogP contribution in [0, 0.1) is 5.92 Å². The molecule has 0 spiro atoms. The molecular weight excluding hydrogens is 313 g/mol. The van der Waals surface area contributed by atoms with Gasteiger partial charge in [-0.3, -0.25) is 9.78 Å². The van der Waals surface area contributed by atoms with Gasteiger partial charge in [0, 0.05) is 18.3 Å². The number of nitrogens with two attached hydrogens (primary N) is 1. The second kappa shape index (κ2) is 8.54. The third kappa shape index (κ3) is 5.79. The van der Waals surface area contributed by atoms with Crippen LogP contribution in [0.5, 0.6) is 0 Å². The van der Waals surface area contributed by atoms with Gasteiger partial charge in [-0.05, 0) is 38.0 Å². The lowest BCUT2D eigenvalue weighted by Gasteiger charge is -2.24. The fourth-order valence-corrected chi connectivity index (χ4v) is 2.14. The summed E-state index contributed by atoms with van der Waals surface area (Å²) in [4.78, 5) is 15.9. The Morgan fingerprint density at radius 2 is 2.00 bits per heavy atom. The number of nitrogens with one attached hydrogen (secondary N) is 1. The van der Waals surface area contributed by atoms with E-state index in [1.807, 2.05) is 12.1 Å². The fourth-order valence-electron chi connectivity index (χ4n) is 2.14. The Balaban J connectivity index is 0.00000200. The standard InChI is InChI=1S/C14H21N3O2.2ClH/c1-14(2,15)13(18)17-12-9-19-8-11(12)7-10-3-5-16-6-4-10;;/h3-6,11-12H,7-9,15H2,1-2H3,(H,17,18);2*1H/t11-,12+;;/m1../s1. The number of carbonyl (C=O) groups excluding carboxylic acids is 1. The molecule has 1 aromatic heterocycles. The van der Waals surface area contributed by atoms with E-state index in [-0.39, 0.29) is 42.7 Å². The van der Waals surface area contributed by atoms with E-state index in [0.717, 1.165) is 6.42 Å². The van der Waals surface area contributed by atoms with E-state index in [9.17, 15) is 4.79 Å². The molecule has 21 heavy (non-hydrogen) atoms. The van der Waals surface area contributed by atoms with Crippen molar-refractivity contribution in [3.8, 4) is 0 Å². The quantitative estimate of drug-likeness (QED) is 0.870. The Morgan fingerprint density at radius 1 is 1.38 bits per heavy atom. The van der Waals surface area contributed by atoms with Crippen LogP contribution in [0.25, 0.3) is 0 Å². The lowest BCUT2D eigenvalue weighted by molar-refractivity contribution is -0.126. The van der Waals surface area contributed by atoms with Crippen molar-refractivity contribution in [3.63, 3.8) is 0 Å². The molecule has 0 radical (unpaired) electrons. The van der Waals surface area contributed by atoms with Crippen LogP contribution >= 0.6 is 24.8 Å². The molecule has 0 unspecified atom stereocenters. The molecule has 0 saturated carbocycles. The molecule has 1 amide bonds. The number of amides is 1. The smallest absolute Gasteiger partial charge is 0.239 e. The largest absolute Gasteiger partial charge is 0.379 e. The third-order valence-electron chi connectivity index (χ3n) is 3.35. The monoisotopic (exact) mass is 335 g/mol. The number of halogens is 2. The highest BCUT2D eigenvalue weighted by Crippen LogP contribution is 2.19. The summed E-state index contributed by atoms with van der Waals surface area (Å²) in [5.41, 5.74) is 6.14. The summed E-state index contributed by atoms with van der Waals surface area (Å²) >= 11 is 0. The first kappa shape index (κ1) is 20.1. The van der Waals surface area contributed by atoms with E-state index < -0.39 is 5.54 Å². The van der Waals surface area contributed by atoms with E-state index in [1.165, 1.54) is 5.56 Å². The van der Waals surface area contributed by atoms with Crippen LogP contribution in [0.4, 0.5) is 0 Å². The molecule has 0 aliphatic carbocycles. The molecule has 1 aliphatic rings. The zero-order chi connectivity index (χ0) is 13.9. The first-order valence-electron chi connectivity index (χ1n) is 6.53. The lowest BCUT2D eigenvalue weighted by atomic mass is 9.94. The van der Waals surface area contributed by atoms with Crippen molar-refractivity contribution in [1.29, 1.82) is 0 Å². The lowest BCUT2D eigenvalue weighted by Crippen LogP contribution is -2.53. The highest BCUT2D eigenvalue weighted by atomic mass is 35.5. The molecular formula is C14H23Cl2N3O2. The topological polar surface area (TPSA) is 77.2 Å². The van der Waals surface area contributed by atoms with Crippen molar-refractivity contribution >= 4 is 30.7 Å². The van der Waals surface area contributed by atoms with Gasteiger partial charge in [-0.2, -0.15) is 0 Å². The molecule has 2 heterocycles. The number of aromatic nitrogens is 1. The van der Waals surface area contributed by atoms with Crippen LogP contribution < -0.4 is 11.1 Å². The van der Waals surface area contributed by atoms with Crippen molar-refractivity contribution in [2.75, 3.05) is 13.2 Å². The molecule has 1 fully saturated rings. The Hall–Kier alpha value is -0.880. The minimum atomic E-state index is -0.857. The summed E-state index contributed by atoms with van der Waals surface area (Å²) in [5, 5.41) is 2.98. The van der Waals surface area contributed by atoms with Gasteiger partial charge in [0.2, 0.25) is 5.91 Å². The Labute approximate surface area is 137 Å². The summed E-state index contributed by atoms with van der Waals surface area (Å²) in [6, 6.07) is 4.01. The van der Waals surface area contributed by atoms with Gasteiger partial charge >= 0.3 is 0 Å². The summed E-state index contributed by atoms with van der Waals surface area (Å²) < 4.78 is 5.48. The summed E-state index contributed by atoms with van der Waals surface area (Å²) in [5.74, 6) is 0.149. The van der Waals surface area contributed by atoms with Crippen molar-refractivity contribution in [2.24, 2.45) is 11.7 Å². The van der Waals surface area contributed by atoms with Gasteiger partial charge in [-0.15, -0.1) is 24.8 Å². The van der Waals surface area contributed by atoms with Gasteiger partial charge in [0.05, 0.1) is 24.8 Å². The van der Waals surface area contributed by atoms with E-state index in [0.29, 0.717) is 13.2 Å². The van der Waals surface area contributed by atoms with Gasteiger partial charge in [0.25, 0.3) is 0 Å². The molecule has 2 rings (SSSR count). The van der Waals surface area contributed by atoms with Gasteiger partial charge in [-0.1, -0.05) is 0 Å². The molecule has 5 nitrogen and oxygen atoms in total. The number of ether oxygens (including phenoxy) is 1. The van der Waals surface area contributed by atoms with Crippen LogP contribution in [0.3, 0.4) is 0 Å². The molecule has 2 atom stereocenters. The Kier molecular flexibility index (Phi) is 8.18. The number of rotatable bonds is 4.